The molecular formula is C23H26ClFN2O4. The number of halogens is 2. The number of carbonyl (C=O) groups is 2. The topological polar surface area (TPSA) is 98.7 Å². The summed E-state index contributed by atoms with van der Waals surface area (Å²) >= 11 is 6.03. The first-order chi connectivity index (χ1) is 14.9. The maximum atomic E-state index is 13.9. The summed E-state index contributed by atoms with van der Waals surface area (Å²) in [6, 6.07) is 9.78. The van der Waals surface area contributed by atoms with E-state index in [1.165, 1.54) is 12.1 Å². The van der Waals surface area contributed by atoms with Gasteiger partial charge >= 0.3 is 0 Å². The maximum absolute atomic E-state index is 13.9. The summed E-state index contributed by atoms with van der Waals surface area (Å²) in [5.41, 5.74) is 2.75. The molecule has 2 unspecified atom stereocenters. The van der Waals surface area contributed by atoms with Gasteiger partial charge in [0, 0.05) is 48.2 Å². The largest absolute Gasteiger partial charge is 0.396 e. The van der Waals surface area contributed by atoms with E-state index < -0.39 is 11.9 Å². The number of nitrogens with one attached hydrogen (secondary N) is 2. The Balaban J connectivity index is 1.47. The van der Waals surface area contributed by atoms with Crippen LogP contribution in [0, 0.1) is 11.7 Å². The molecule has 2 amide bonds. The number of benzene rings is 2. The van der Waals surface area contributed by atoms with Crippen LogP contribution in [0.3, 0.4) is 0 Å². The van der Waals surface area contributed by atoms with E-state index in [-0.39, 0.29) is 55.2 Å². The summed E-state index contributed by atoms with van der Waals surface area (Å²) in [6.45, 7) is -0.0478. The molecule has 0 bridgehead atoms. The smallest absolute Gasteiger partial charge is 0.224 e. The molecule has 4 N–H and O–H groups in total. The van der Waals surface area contributed by atoms with Crippen molar-refractivity contribution >= 4 is 29.1 Å². The van der Waals surface area contributed by atoms with E-state index in [1.54, 1.807) is 18.2 Å². The number of rotatable bonds is 9. The van der Waals surface area contributed by atoms with Crippen molar-refractivity contribution < 1.29 is 24.2 Å². The molecule has 1 aliphatic heterocycles. The second-order valence-corrected chi connectivity index (χ2v) is 8.18. The zero-order valence-electron chi connectivity index (χ0n) is 17.0. The van der Waals surface area contributed by atoms with Crippen molar-refractivity contribution in [2.45, 2.75) is 38.2 Å². The molecule has 166 valence electrons. The quantitative estimate of drug-likeness (QED) is 0.473. The Kier molecular flexibility index (Phi) is 8.01. The van der Waals surface area contributed by atoms with Gasteiger partial charge in [-0.2, -0.15) is 0 Å². The highest BCUT2D eigenvalue weighted by atomic mass is 35.5. The molecule has 0 fully saturated rings. The van der Waals surface area contributed by atoms with Crippen LogP contribution in [0.25, 0.3) is 0 Å². The predicted molar refractivity (Wildman–Crippen MR) is 116 cm³/mol. The third kappa shape index (κ3) is 6.26. The Bertz CT molecular complexity index is 933. The summed E-state index contributed by atoms with van der Waals surface area (Å²) in [7, 11) is 0. The fourth-order valence-electron chi connectivity index (χ4n) is 3.61. The zero-order valence-corrected chi connectivity index (χ0v) is 17.8. The molecule has 31 heavy (non-hydrogen) atoms. The van der Waals surface area contributed by atoms with Gasteiger partial charge in [-0.1, -0.05) is 29.8 Å². The summed E-state index contributed by atoms with van der Waals surface area (Å²) < 4.78 is 13.9. The Morgan fingerprint density at radius 2 is 2.06 bits per heavy atom. The highest BCUT2D eigenvalue weighted by Gasteiger charge is 2.19. The van der Waals surface area contributed by atoms with Gasteiger partial charge in [0.05, 0.1) is 6.10 Å². The van der Waals surface area contributed by atoms with E-state index in [0.717, 1.165) is 11.3 Å². The van der Waals surface area contributed by atoms with Gasteiger partial charge in [0.15, 0.2) is 0 Å². The first-order valence-corrected chi connectivity index (χ1v) is 10.7. The highest BCUT2D eigenvalue weighted by molar-refractivity contribution is 6.31. The minimum atomic E-state index is -0.806. The first kappa shape index (κ1) is 23.2. The standard InChI is InChI=1S/C23H26ClFN2O4/c24-18-2-1-3-19(25)17(18)10-14(13-28)12-26-22(30)9-7-21(29)16-4-6-20-15(11-16)5-8-23(31)27-20/h1-4,6,11,14,21,28-29H,5,7-10,12-13H2,(H,26,30)(H,27,31). The Morgan fingerprint density at radius 1 is 1.26 bits per heavy atom. The molecule has 1 heterocycles. The van der Waals surface area contributed by atoms with Crippen LogP contribution >= 0.6 is 11.6 Å². The number of hydrogen-bond acceptors (Lipinski definition) is 4. The molecule has 2 aromatic rings. The second kappa shape index (κ2) is 10.7. The SMILES string of the molecule is O=C(CCC(O)c1ccc2c(c1)CCC(=O)N2)NCC(CO)Cc1c(F)cccc1Cl. The van der Waals surface area contributed by atoms with E-state index in [4.69, 9.17) is 11.6 Å². The van der Waals surface area contributed by atoms with Crippen LogP contribution in [0.2, 0.25) is 5.02 Å². The second-order valence-electron chi connectivity index (χ2n) is 7.78. The zero-order chi connectivity index (χ0) is 22.4. The van der Waals surface area contributed by atoms with Crippen LogP contribution in [0.5, 0.6) is 0 Å². The fraction of sp³-hybridized carbons (Fsp3) is 0.391. The number of hydrogen-bond donors (Lipinski definition) is 4. The average Bonchev–Trinajstić information content (AvgIpc) is 2.76. The summed E-state index contributed by atoms with van der Waals surface area (Å²) in [4.78, 5) is 23.6. The normalized spacial score (nSPS) is 15.0. The number of aryl methyl sites for hydroxylation is 1. The molecule has 3 rings (SSSR count). The predicted octanol–water partition coefficient (Wildman–Crippen LogP) is 3.14. The first-order valence-electron chi connectivity index (χ1n) is 10.3. The molecule has 2 atom stereocenters. The van der Waals surface area contributed by atoms with Gasteiger partial charge in [0.1, 0.15) is 5.82 Å². The minimum absolute atomic E-state index is 0.0177. The molecule has 1 aliphatic rings. The van der Waals surface area contributed by atoms with E-state index in [9.17, 15) is 24.2 Å². The number of aliphatic hydroxyl groups is 2. The van der Waals surface area contributed by atoms with Crippen LogP contribution in [-0.2, 0) is 22.4 Å². The van der Waals surface area contributed by atoms with Crippen LogP contribution in [0.15, 0.2) is 36.4 Å². The Morgan fingerprint density at radius 3 is 2.81 bits per heavy atom. The average molecular weight is 449 g/mol. The lowest BCUT2D eigenvalue weighted by Crippen LogP contribution is -2.32. The van der Waals surface area contributed by atoms with Gasteiger partial charge in [0.2, 0.25) is 11.8 Å². The molecule has 0 radical (unpaired) electrons. The van der Waals surface area contributed by atoms with Crippen LogP contribution in [-0.4, -0.2) is 35.2 Å². The maximum Gasteiger partial charge on any atom is 0.224 e. The van der Waals surface area contributed by atoms with Gasteiger partial charge in [-0.3, -0.25) is 9.59 Å². The molecule has 0 saturated carbocycles. The van der Waals surface area contributed by atoms with Gasteiger partial charge in [-0.25, -0.2) is 4.39 Å². The molecule has 2 aromatic carbocycles. The molecule has 0 aliphatic carbocycles. The third-order valence-corrected chi connectivity index (χ3v) is 5.81. The number of fused-ring (bicyclic) bond motifs is 1. The number of carbonyl (C=O) groups excluding carboxylic acids is 2. The molecule has 0 saturated heterocycles. The van der Waals surface area contributed by atoms with Gasteiger partial charge in [0.25, 0.3) is 0 Å². The highest BCUT2D eigenvalue weighted by Crippen LogP contribution is 2.28. The van der Waals surface area contributed by atoms with Crippen LogP contribution in [0.1, 0.15) is 42.1 Å². The minimum Gasteiger partial charge on any atom is -0.396 e. The summed E-state index contributed by atoms with van der Waals surface area (Å²) in [5, 5.41) is 25.8. The molecule has 0 spiro atoms. The lowest BCUT2D eigenvalue weighted by atomic mass is 9.96. The van der Waals surface area contributed by atoms with E-state index in [2.05, 4.69) is 10.6 Å². The molecular weight excluding hydrogens is 423 g/mol. The number of anilines is 1. The number of amides is 2. The van der Waals surface area contributed by atoms with Gasteiger partial charge < -0.3 is 20.8 Å². The lowest BCUT2D eigenvalue weighted by Gasteiger charge is -2.19. The van der Waals surface area contributed by atoms with Crippen molar-refractivity contribution in [2.24, 2.45) is 5.92 Å². The monoisotopic (exact) mass is 448 g/mol. The van der Waals surface area contributed by atoms with Crippen molar-refractivity contribution in [2.75, 3.05) is 18.5 Å². The fourth-order valence-corrected chi connectivity index (χ4v) is 3.85. The molecule has 8 heteroatoms. The van der Waals surface area contributed by atoms with Crippen LogP contribution < -0.4 is 10.6 Å². The number of aliphatic hydroxyl groups excluding tert-OH is 2. The van der Waals surface area contributed by atoms with E-state index in [1.807, 2.05) is 6.07 Å². The third-order valence-electron chi connectivity index (χ3n) is 5.45. The summed E-state index contributed by atoms with van der Waals surface area (Å²) in [6.07, 6.45) is 0.777. The van der Waals surface area contributed by atoms with Gasteiger partial charge in [-0.15, -0.1) is 0 Å². The van der Waals surface area contributed by atoms with Crippen molar-refractivity contribution in [3.8, 4) is 0 Å². The Hall–Kier alpha value is -2.48. The van der Waals surface area contributed by atoms with Crippen LogP contribution in [0.4, 0.5) is 10.1 Å². The molecule has 0 aromatic heterocycles. The lowest BCUT2D eigenvalue weighted by molar-refractivity contribution is -0.122. The Labute approximate surface area is 185 Å². The van der Waals surface area contributed by atoms with E-state index >= 15 is 0 Å². The van der Waals surface area contributed by atoms with Crippen molar-refractivity contribution in [3.63, 3.8) is 0 Å². The van der Waals surface area contributed by atoms with Gasteiger partial charge in [-0.05, 0) is 48.6 Å². The summed E-state index contributed by atoms with van der Waals surface area (Å²) in [5.74, 6) is -1.09. The molecule has 6 nitrogen and oxygen atoms in total. The van der Waals surface area contributed by atoms with Crippen molar-refractivity contribution in [1.29, 1.82) is 0 Å². The van der Waals surface area contributed by atoms with Crippen molar-refractivity contribution in [1.82, 2.24) is 5.32 Å². The van der Waals surface area contributed by atoms with E-state index in [0.29, 0.717) is 24.0 Å². The van der Waals surface area contributed by atoms with Crippen molar-refractivity contribution in [3.05, 3.63) is 63.9 Å².